The van der Waals surface area contributed by atoms with E-state index in [0.717, 1.165) is 19.7 Å². The lowest BCUT2D eigenvalue weighted by molar-refractivity contribution is -0.0708. The van der Waals surface area contributed by atoms with Crippen molar-refractivity contribution in [2.45, 2.75) is 12.2 Å². The van der Waals surface area contributed by atoms with Gasteiger partial charge in [-0.1, -0.05) is 30.3 Å². The maximum Gasteiger partial charge on any atom is 0.109 e. The van der Waals surface area contributed by atoms with E-state index in [1.807, 2.05) is 18.2 Å². The molecule has 0 spiro atoms. The third-order valence-electron chi connectivity index (χ3n) is 2.68. The Morgan fingerprint density at radius 1 is 1.40 bits per heavy atom. The molecule has 1 aliphatic heterocycles. The molecular weight excluding hydrogens is 190 g/mol. The summed E-state index contributed by atoms with van der Waals surface area (Å²) in [5, 5.41) is 3.31. The van der Waals surface area contributed by atoms with Gasteiger partial charge in [-0.3, -0.25) is 0 Å². The largest absolute Gasteiger partial charge is 0.374 e. The van der Waals surface area contributed by atoms with E-state index < -0.39 is 0 Å². The van der Waals surface area contributed by atoms with Gasteiger partial charge in [0.2, 0.25) is 0 Å². The van der Waals surface area contributed by atoms with Crippen molar-refractivity contribution in [3.63, 3.8) is 0 Å². The predicted octanol–water partition coefficient (Wildman–Crippen LogP) is 1.36. The second-order valence-electron chi connectivity index (χ2n) is 3.68. The molecule has 3 nitrogen and oxygen atoms in total. The highest BCUT2D eigenvalue weighted by atomic mass is 16.5. The van der Waals surface area contributed by atoms with Crippen LogP contribution in [0.4, 0.5) is 0 Å². The Morgan fingerprint density at radius 3 is 2.80 bits per heavy atom. The van der Waals surface area contributed by atoms with Crippen molar-refractivity contribution in [3.8, 4) is 0 Å². The summed E-state index contributed by atoms with van der Waals surface area (Å²) in [5.74, 6) is 0. The molecule has 1 aromatic rings. The summed E-state index contributed by atoms with van der Waals surface area (Å²) in [6, 6.07) is 10.2. The second-order valence-corrected chi connectivity index (χ2v) is 3.68. The van der Waals surface area contributed by atoms with Crippen molar-refractivity contribution in [3.05, 3.63) is 35.9 Å². The van der Waals surface area contributed by atoms with Gasteiger partial charge < -0.3 is 14.8 Å². The van der Waals surface area contributed by atoms with Crippen LogP contribution in [-0.2, 0) is 9.47 Å². The summed E-state index contributed by atoms with van der Waals surface area (Å²) < 4.78 is 11.2. The van der Waals surface area contributed by atoms with Crippen molar-refractivity contribution in [2.24, 2.45) is 0 Å². The fourth-order valence-electron chi connectivity index (χ4n) is 1.93. The van der Waals surface area contributed by atoms with Gasteiger partial charge in [0.05, 0.1) is 6.61 Å². The molecule has 0 aliphatic carbocycles. The molecule has 1 saturated heterocycles. The number of hydrogen-bond acceptors (Lipinski definition) is 3. The second kappa shape index (κ2) is 5.26. The number of methoxy groups -OCH3 is 1. The van der Waals surface area contributed by atoms with E-state index in [-0.39, 0.29) is 12.2 Å². The minimum absolute atomic E-state index is 0.0269. The zero-order valence-corrected chi connectivity index (χ0v) is 8.98. The van der Waals surface area contributed by atoms with Crippen LogP contribution in [0.1, 0.15) is 11.7 Å². The average molecular weight is 207 g/mol. The first-order chi connectivity index (χ1) is 7.42. The molecule has 1 aliphatic rings. The van der Waals surface area contributed by atoms with E-state index in [4.69, 9.17) is 9.47 Å². The van der Waals surface area contributed by atoms with Crippen molar-refractivity contribution in [1.29, 1.82) is 0 Å². The van der Waals surface area contributed by atoms with Crippen LogP contribution in [0, 0.1) is 0 Å². The van der Waals surface area contributed by atoms with Crippen LogP contribution >= 0.6 is 0 Å². The first kappa shape index (κ1) is 10.6. The van der Waals surface area contributed by atoms with E-state index in [1.165, 1.54) is 5.56 Å². The number of nitrogens with one attached hydrogen (secondary N) is 1. The van der Waals surface area contributed by atoms with Gasteiger partial charge in [-0.2, -0.15) is 0 Å². The smallest absolute Gasteiger partial charge is 0.109 e. The maximum absolute atomic E-state index is 5.70. The van der Waals surface area contributed by atoms with Crippen molar-refractivity contribution in [1.82, 2.24) is 5.32 Å². The third kappa shape index (κ3) is 2.56. The molecule has 1 unspecified atom stereocenters. The molecule has 15 heavy (non-hydrogen) atoms. The highest BCUT2D eigenvalue weighted by molar-refractivity contribution is 5.19. The standard InChI is InChI=1S/C12H17NO2/c1-14-12(10-5-3-2-4-6-10)11-9-13-7-8-15-11/h2-6,11-13H,7-9H2,1H3/t11-,12?/m1/s1. The molecule has 0 saturated carbocycles. The van der Waals surface area contributed by atoms with E-state index >= 15 is 0 Å². The zero-order chi connectivity index (χ0) is 10.5. The van der Waals surface area contributed by atoms with E-state index in [9.17, 15) is 0 Å². The summed E-state index contributed by atoms with van der Waals surface area (Å²) in [4.78, 5) is 0. The topological polar surface area (TPSA) is 30.5 Å². The summed E-state index contributed by atoms with van der Waals surface area (Å²) in [6.07, 6.45) is 0.144. The molecule has 2 atom stereocenters. The Balaban J connectivity index is 2.09. The molecule has 0 bridgehead atoms. The van der Waals surface area contributed by atoms with Crippen molar-refractivity contribution >= 4 is 0 Å². The molecular formula is C12H17NO2. The molecule has 3 heteroatoms. The van der Waals surface area contributed by atoms with Gasteiger partial charge in [0.25, 0.3) is 0 Å². The molecule has 1 fully saturated rings. The SMILES string of the molecule is COC(c1ccccc1)[C@H]1CNCCO1. The van der Waals surface area contributed by atoms with Crippen LogP contribution in [0.3, 0.4) is 0 Å². The number of hydrogen-bond donors (Lipinski definition) is 1. The van der Waals surface area contributed by atoms with E-state index in [2.05, 4.69) is 17.4 Å². The Hall–Kier alpha value is -0.900. The monoisotopic (exact) mass is 207 g/mol. The Bertz CT molecular complexity index is 283. The lowest BCUT2D eigenvalue weighted by Crippen LogP contribution is -2.42. The van der Waals surface area contributed by atoms with Crippen molar-refractivity contribution in [2.75, 3.05) is 26.8 Å². The molecule has 1 heterocycles. The van der Waals surface area contributed by atoms with Gasteiger partial charge in [0.1, 0.15) is 12.2 Å². The molecule has 2 rings (SSSR count). The number of rotatable bonds is 3. The van der Waals surface area contributed by atoms with Gasteiger partial charge in [-0.25, -0.2) is 0 Å². The molecule has 0 aromatic heterocycles. The number of benzene rings is 1. The predicted molar refractivity (Wildman–Crippen MR) is 58.8 cm³/mol. The van der Waals surface area contributed by atoms with Gasteiger partial charge in [-0.15, -0.1) is 0 Å². The number of ether oxygens (including phenoxy) is 2. The van der Waals surface area contributed by atoms with Crippen molar-refractivity contribution < 1.29 is 9.47 Å². The highest BCUT2D eigenvalue weighted by Gasteiger charge is 2.25. The van der Waals surface area contributed by atoms with Gasteiger partial charge >= 0.3 is 0 Å². The van der Waals surface area contributed by atoms with Crippen LogP contribution in [-0.4, -0.2) is 32.9 Å². The molecule has 82 valence electrons. The fraction of sp³-hybridized carbons (Fsp3) is 0.500. The van der Waals surface area contributed by atoms with Crippen LogP contribution in [0.5, 0.6) is 0 Å². The minimum Gasteiger partial charge on any atom is -0.374 e. The lowest BCUT2D eigenvalue weighted by Gasteiger charge is -2.30. The summed E-state index contributed by atoms with van der Waals surface area (Å²) in [6.45, 7) is 2.55. The summed E-state index contributed by atoms with van der Waals surface area (Å²) in [5.41, 5.74) is 1.17. The molecule has 1 N–H and O–H groups in total. The van der Waals surface area contributed by atoms with Crippen LogP contribution in [0.15, 0.2) is 30.3 Å². The third-order valence-corrected chi connectivity index (χ3v) is 2.68. The average Bonchev–Trinajstić information content (AvgIpc) is 2.33. The number of morpholine rings is 1. The van der Waals surface area contributed by atoms with Crippen LogP contribution in [0.2, 0.25) is 0 Å². The zero-order valence-electron chi connectivity index (χ0n) is 8.98. The molecule has 0 radical (unpaired) electrons. The van der Waals surface area contributed by atoms with E-state index in [1.54, 1.807) is 7.11 Å². The first-order valence-corrected chi connectivity index (χ1v) is 5.32. The minimum atomic E-state index is 0.0269. The van der Waals surface area contributed by atoms with Crippen LogP contribution < -0.4 is 5.32 Å². The normalized spacial score (nSPS) is 23.7. The van der Waals surface area contributed by atoms with Gasteiger partial charge in [-0.05, 0) is 5.56 Å². The van der Waals surface area contributed by atoms with Gasteiger partial charge in [0.15, 0.2) is 0 Å². The highest BCUT2D eigenvalue weighted by Crippen LogP contribution is 2.23. The Morgan fingerprint density at radius 2 is 2.20 bits per heavy atom. The molecule has 1 aromatic carbocycles. The summed E-state index contributed by atoms with van der Waals surface area (Å²) in [7, 11) is 1.73. The summed E-state index contributed by atoms with van der Waals surface area (Å²) >= 11 is 0. The Labute approximate surface area is 90.4 Å². The molecule has 0 amide bonds. The van der Waals surface area contributed by atoms with Crippen LogP contribution in [0.25, 0.3) is 0 Å². The fourth-order valence-corrected chi connectivity index (χ4v) is 1.93. The first-order valence-electron chi connectivity index (χ1n) is 5.32. The maximum atomic E-state index is 5.70. The van der Waals surface area contributed by atoms with Gasteiger partial charge in [0, 0.05) is 20.2 Å². The van der Waals surface area contributed by atoms with E-state index in [0.29, 0.717) is 0 Å². The lowest BCUT2D eigenvalue weighted by atomic mass is 10.0. The Kier molecular flexibility index (Phi) is 3.72. The quantitative estimate of drug-likeness (QED) is 0.812.